The first-order valence-electron chi connectivity index (χ1n) is 3.96. The van der Waals surface area contributed by atoms with Crippen LogP contribution < -0.4 is 0 Å². The molecule has 0 bridgehead atoms. The fourth-order valence-electron chi connectivity index (χ4n) is 0.930. The van der Waals surface area contributed by atoms with Crippen LogP contribution in [0.3, 0.4) is 0 Å². The summed E-state index contributed by atoms with van der Waals surface area (Å²) in [5, 5.41) is 0. The monoisotopic (exact) mass is 163 g/mol. The maximum atomic E-state index is 10.5. The van der Waals surface area contributed by atoms with Crippen LogP contribution in [0, 0.1) is 0 Å². The van der Waals surface area contributed by atoms with Gasteiger partial charge < -0.3 is 0 Å². The molecule has 0 aliphatic heterocycles. The summed E-state index contributed by atoms with van der Waals surface area (Å²) < 4.78 is 0. The first kappa shape index (κ1) is 8.91. The van der Waals surface area contributed by atoms with E-state index in [9.17, 15) is 4.79 Å². The van der Waals surface area contributed by atoms with E-state index in [0.29, 0.717) is 5.56 Å². The molecule has 0 spiro atoms. The highest BCUT2D eigenvalue weighted by atomic mass is 16.1. The van der Waals surface area contributed by atoms with Gasteiger partial charge in [0.05, 0.1) is 0 Å². The van der Waals surface area contributed by atoms with Crippen LogP contribution in [0.2, 0.25) is 0 Å². The Morgan fingerprint density at radius 3 is 2.58 bits per heavy atom. The number of carbonyl (C=O) groups excluding carboxylic acids is 1. The van der Waals surface area contributed by atoms with Crippen LogP contribution in [-0.2, 0) is 5.41 Å². The predicted octanol–water partition coefficient (Wildman–Crippen LogP) is 2.19. The highest BCUT2D eigenvalue weighted by Gasteiger charge is 2.14. The first-order chi connectivity index (χ1) is 5.54. The van der Waals surface area contributed by atoms with Gasteiger partial charge in [0.25, 0.3) is 0 Å². The third-order valence-corrected chi connectivity index (χ3v) is 1.69. The molecule has 1 rings (SSSR count). The second kappa shape index (κ2) is 3.05. The molecule has 64 valence electrons. The lowest BCUT2D eigenvalue weighted by Crippen LogP contribution is -2.13. The second-order valence-electron chi connectivity index (χ2n) is 3.84. The molecular weight excluding hydrogens is 150 g/mol. The fourth-order valence-corrected chi connectivity index (χ4v) is 0.930. The summed E-state index contributed by atoms with van der Waals surface area (Å²) in [6, 6.07) is 3.54. The molecule has 1 heterocycles. The lowest BCUT2D eigenvalue weighted by atomic mass is 9.91. The molecular formula is C10H13NO. The predicted molar refractivity (Wildman–Crippen MR) is 48.3 cm³/mol. The van der Waals surface area contributed by atoms with Crippen LogP contribution in [0.25, 0.3) is 0 Å². The van der Waals surface area contributed by atoms with Crippen molar-refractivity contribution in [2.75, 3.05) is 0 Å². The summed E-state index contributed by atoms with van der Waals surface area (Å²) in [6.07, 6.45) is 2.52. The van der Waals surface area contributed by atoms with E-state index in [2.05, 4.69) is 25.8 Å². The Hall–Kier alpha value is -1.18. The van der Waals surface area contributed by atoms with Crippen molar-refractivity contribution in [2.24, 2.45) is 0 Å². The van der Waals surface area contributed by atoms with Crippen LogP contribution in [0.5, 0.6) is 0 Å². The number of aldehydes is 1. The van der Waals surface area contributed by atoms with E-state index in [0.717, 1.165) is 12.0 Å². The summed E-state index contributed by atoms with van der Waals surface area (Å²) >= 11 is 0. The lowest BCUT2D eigenvalue weighted by molar-refractivity contribution is 0.112. The lowest BCUT2D eigenvalue weighted by Gasteiger charge is -2.17. The van der Waals surface area contributed by atoms with E-state index in [4.69, 9.17) is 0 Å². The smallest absolute Gasteiger partial charge is 0.150 e. The molecule has 2 nitrogen and oxygen atoms in total. The van der Waals surface area contributed by atoms with Gasteiger partial charge in [-0.1, -0.05) is 20.8 Å². The Labute approximate surface area is 72.6 Å². The molecule has 0 amide bonds. The minimum absolute atomic E-state index is 0.0129. The van der Waals surface area contributed by atoms with Crippen molar-refractivity contribution in [2.45, 2.75) is 26.2 Å². The number of carbonyl (C=O) groups is 1. The zero-order valence-corrected chi connectivity index (χ0v) is 7.66. The van der Waals surface area contributed by atoms with E-state index in [1.807, 2.05) is 6.07 Å². The van der Waals surface area contributed by atoms with Crippen molar-refractivity contribution < 1.29 is 4.79 Å². The van der Waals surface area contributed by atoms with Gasteiger partial charge in [0.15, 0.2) is 0 Å². The highest BCUT2D eigenvalue weighted by Crippen LogP contribution is 2.19. The van der Waals surface area contributed by atoms with Crippen molar-refractivity contribution >= 4 is 6.29 Å². The molecule has 0 saturated carbocycles. The van der Waals surface area contributed by atoms with E-state index in [1.165, 1.54) is 0 Å². The Kier molecular flexibility index (Phi) is 2.27. The molecule has 0 aliphatic rings. The molecule has 1 aromatic heterocycles. The Morgan fingerprint density at radius 1 is 1.42 bits per heavy atom. The van der Waals surface area contributed by atoms with E-state index >= 15 is 0 Å². The molecule has 0 N–H and O–H groups in total. The van der Waals surface area contributed by atoms with Crippen molar-refractivity contribution in [3.05, 3.63) is 29.6 Å². The van der Waals surface area contributed by atoms with Gasteiger partial charge in [-0.05, 0) is 12.1 Å². The summed E-state index contributed by atoms with van der Waals surface area (Å²) in [6.45, 7) is 6.22. The molecule has 0 unspecified atom stereocenters. The summed E-state index contributed by atoms with van der Waals surface area (Å²) in [7, 11) is 0. The standard InChI is InChI=1S/C10H13NO/c1-10(2,3)9-6-8(7-12)4-5-11-9/h4-7H,1-3H3. The van der Waals surface area contributed by atoms with E-state index in [1.54, 1.807) is 12.3 Å². The van der Waals surface area contributed by atoms with E-state index < -0.39 is 0 Å². The number of rotatable bonds is 1. The van der Waals surface area contributed by atoms with Gasteiger partial charge in [-0.3, -0.25) is 9.78 Å². The summed E-state index contributed by atoms with van der Waals surface area (Å²) in [4.78, 5) is 14.7. The molecule has 0 radical (unpaired) electrons. The van der Waals surface area contributed by atoms with Gasteiger partial charge >= 0.3 is 0 Å². The van der Waals surface area contributed by atoms with Gasteiger partial charge in [-0.15, -0.1) is 0 Å². The Bertz CT molecular complexity index is 286. The van der Waals surface area contributed by atoms with Crippen LogP contribution >= 0.6 is 0 Å². The van der Waals surface area contributed by atoms with Gasteiger partial charge in [0, 0.05) is 22.9 Å². The molecule has 1 aromatic rings. The van der Waals surface area contributed by atoms with E-state index in [-0.39, 0.29) is 5.41 Å². The van der Waals surface area contributed by atoms with Crippen LogP contribution in [-0.4, -0.2) is 11.3 Å². The first-order valence-corrected chi connectivity index (χ1v) is 3.96. The minimum atomic E-state index is 0.0129. The molecule has 12 heavy (non-hydrogen) atoms. The van der Waals surface area contributed by atoms with Crippen LogP contribution in [0.15, 0.2) is 18.3 Å². The van der Waals surface area contributed by atoms with Crippen LogP contribution in [0.4, 0.5) is 0 Å². The normalized spacial score (nSPS) is 11.2. The number of nitrogens with zero attached hydrogens (tertiary/aromatic N) is 1. The highest BCUT2D eigenvalue weighted by molar-refractivity contribution is 5.74. The third kappa shape index (κ3) is 1.91. The second-order valence-corrected chi connectivity index (χ2v) is 3.84. The maximum Gasteiger partial charge on any atom is 0.150 e. The maximum absolute atomic E-state index is 10.5. The van der Waals surface area contributed by atoms with Crippen molar-refractivity contribution in [3.63, 3.8) is 0 Å². The SMILES string of the molecule is CC(C)(C)c1cc(C=O)ccn1. The van der Waals surface area contributed by atoms with Gasteiger partial charge in [0.1, 0.15) is 6.29 Å². The van der Waals surface area contributed by atoms with Crippen molar-refractivity contribution in [1.29, 1.82) is 0 Å². The largest absolute Gasteiger partial charge is 0.298 e. The number of pyridine rings is 1. The van der Waals surface area contributed by atoms with Crippen LogP contribution in [0.1, 0.15) is 36.8 Å². The van der Waals surface area contributed by atoms with Gasteiger partial charge in [-0.2, -0.15) is 0 Å². The Balaban J connectivity index is 3.10. The fraction of sp³-hybridized carbons (Fsp3) is 0.400. The molecule has 0 aromatic carbocycles. The average molecular weight is 163 g/mol. The summed E-state index contributed by atoms with van der Waals surface area (Å²) in [5.41, 5.74) is 1.65. The van der Waals surface area contributed by atoms with Crippen molar-refractivity contribution in [3.8, 4) is 0 Å². The molecule has 0 atom stereocenters. The molecule has 2 heteroatoms. The molecule has 0 saturated heterocycles. The minimum Gasteiger partial charge on any atom is -0.298 e. The zero-order valence-electron chi connectivity index (χ0n) is 7.66. The number of hydrogen-bond donors (Lipinski definition) is 0. The molecule has 0 fully saturated rings. The summed E-state index contributed by atoms with van der Waals surface area (Å²) in [5.74, 6) is 0. The van der Waals surface area contributed by atoms with Crippen molar-refractivity contribution in [1.82, 2.24) is 4.98 Å². The quantitative estimate of drug-likeness (QED) is 0.594. The van der Waals surface area contributed by atoms with Gasteiger partial charge in [-0.25, -0.2) is 0 Å². The number of aromatic nitrogens is 1. The zero-order chi connectivity index (χ0) is 9.19. The van der Waals surface area contributed by atoms with Gasteiger partial charge in [0.2, 0.25) is 0 Å². The Morgan fingerprint density at radius 2 is 2.08 bits per heavy atom. The average Bonchev–Trinajstić information content (AvgIpc) is 2.03. The molecule has 0 aliphatic carbocycles. The number of hydrogen-bond acceptors (Lipinski definition) is 2. The third-order valence-electron chi connectivity index (χ3n) is 1.69. The topological polar surface area (TPSA) is 30.0 Å².